The van der Waals surface area contributed by atoms with E-state index in [1.807, 2.05) is 18.2 Å². The van der Waals surface area contributed by atoms with Gasteiger partial charge in [-0.05, 0) is 24.1 Å². The van der Waals surface area contributed by atoms with Crippen molar-refractivity contribution < 1.29 is 14.2 Å². The molecule has 1 aliphatic heterocycles. The molecule has 0 saturated carbocycles. The van der Waals surface area contributed by atoms with Crippen molar-refractivity contribution in [3.05, 3.63) is 23.8 Å². The van der Waals surface area contributed by atoms with Gasteiger partial charge < -0.3 is 19.5 Å². The van der Waals surface area contributed by atoms with Crippen LogP contribution in [0.25, 0.3) is 0 Å². The Hall–Kier alpha value is -1.26. The largest absolute Gasteiger partial charge is 0.493 e. The van der Waals surface area contributed by atoms with Crippen LogP contribution >= 0.6 is 0 Å². The Kier molecular flexibility index (Phi) is 5.05. The molecule has 1 fully saturated rings. The maximum Gasteiger partial charge on any atom is 0.161 e. The Morgan fingerprint density at radius 2 is 2.00 bits per heavy atom. The van der Waals surface area contributed by atoms with E-state index in [0.29, 0.717) is 6.10 Å². The number of hydrogen-bond acceptors (Lipinski definition) is 4. The molecule has 1 heterocycles. The zero-order valence-corrected chi connectivity index (χ0v) is 11.9. The number of rotatable bonds is 5. The first-order chi connectivity index (χ1) is 9.28. The van der Waals surface area contributed by atoms with Crippen molar-refractivity contribution in [2.24, 2.45) is 0 Å². The highest BCUT2D eigenvalue weighted by Crippen LogP contribution is 2.32. The normalized spacial score (nSPS) is 23.1. The summed E-state index contributed by atoms with van der Waals surface area (Å²) < 4.78 is 16.7. The first-order valence-electron chi connectivity index (χ1n) is 6.86. The standard InChI is InChI=1S/C15H23NO3/c1-4-5-12-9-16-10-15(19-12)11-6-7-13(17-2)14(8-11)18-3/h6-8,12,15-16H,4-5,9-10H2,1-3H3. The van der Waals surface area contributed by atoms with Gasteiger partial charge in [-0.15, -0.1) is 0 Å². The summed E-state index contributed by atoms with van der Waals surface area (Å²) in [5.74, 6) is 1.50. The Morgan fingerprint density at radius 1 is 1.21 bits per heavy atom. The van der Waals surface area contributed by atoms with E-state index in [2.05, 4.69) is 12.2 Å². The average molecular weight is 265 g/mol. The van der Waals surface area contributed by atoms with Crippen LogP contribution in [0.5, 0.6) is 11.5 Å². The second-order valence-corrected chi connectivity index (χ2v) is 4.81. The smallest absolute Gasteiger partial charge is 0.161 e. The van der Waals surface area contributed by atoms with Crippen LogP contribution in [0.15, 0.2) is 18.2 Å². The summed E-state index contributed by atoms with van der Waals surface area (Å²) in [6, 6.07) is 5.97. The van der Waals surface area contributed by atoms with Crippen molar-refractivity contribution >= 4 is 0 Å². The van der Waals surface area contributed by atoms with Gasteiger partial charge in [0, 0.05) is 13.1 Å². The molecule has 2 atom stereocenters. The highest BCUT2D eigenvalue weighted by molar-refractivity contribution is 5.43. The first kappa shape index (κ1) is 14.2. The van der Waals surface area contributed by atoms with E-state index in [9.17, 15) is 0 Å². The fourth-order valence-corrected chi connectivity index (χ4v) is 2.45. The minimum Gasteiger partial charge on any atom is -0.493 e. The zero-order chi connectivity index (χ0) is 13.7. The van der Waals surface area contributed by atoms with Crippen LogP contribution in [0.2, 0.25) is 0 Å². The van der Waals surface area contributed by atoms with Crippen LogP contribution in [-0.2, 0) is 4.74 Å². The number of methoxy groups -OCH3 is 2. The van der Waals surface area contributed by atoms with Gasteiger partial charge in [-0.2, -0.15) is 0 Å². The van der Waals surface area contributed by atoms with Crippen molar-refractivity contribution in [3.8, 4) is 11.5 Å². The quantitative estimate of drug-likeness (QED) is 0.888. The second-order valence-electron chi connectivity index (χ2n) is 4.81. The number of morpholine rings is 1. The summed E-state index contributed by atoms with van der Waals surface area (Å²) in [7, 11) is 3.30. The fourth-order valence-electron chi connectivity index (χ4n) is 2.45. The van der Waals surface area contributed by atoms with E-state index in [1.165, 1.54) is 0 Å². The lowest BCUT2D eigenvalue weighted by atomic mass is 10.1. The van der Waals surface area contributed by atoms with Crippen molar-refractivity contribution in [3.63, 3.8) is 0 Å². The summed E-state index contributed by atoms with van der Waals surface area (Å²) in [6.07, 6.45) is 2.63. The molecule has 0 aromatic heterocycles. The van der Waals surface area contributed by atoms with E-state index < -0.39 is 0 Å². The lowest BCUT2D eigenvalue weighted by Gasteiger charge is -2.31. The van der Waals surface area contributed by atoms with Gasteiger partial charge in [0.25, 0.3) is 0 Å². The lowest BCUT2D eigenvalue weighted by Crippen LogP contribution is -2.40. The molecule has 2 rings (SSSR count). The monoisotopic (exact) mass is 265 g/mol. The van der Waals surface area contributed by atoms with Crippen molar-refractivity contribution in [2.45, 2.75) is 32.0 Å². The highest BCUT2D eigenvalue weighted by Gasteiger charge is 2.23. The van der Waals surface area contributed by atoms with E-state index in [4.69, 9.17) is 14.2 Å². The van der Waals surface area contributed by atoms with Gasteiger partial charge >= 0.3 is 0 Å². The maximum absolute atomic E-state index is 6.13. The van der Waals surface area contributed by atoms with Crippen LogP contribution in [0.4, 0.5) is 0 Å². The molecule has 0 bridgehead atoms. The van der Waals surface area contributed by atoms with Gasteiger partial charge in [-0.25, -0.2) is 0 Å². The van der Waals surface area contributed by atoms with E-state index >= 15 is 0 Å². The highest BCUT2D eigenvalue weighted by atomic mass is 16.5. The molecule has 4 heteroatoms. The molecule has 1 aromatic carbocycles. The second kappa shape index (κ2) is 6.78. The minimum atomic E-state index is 0.0881. The molecule has 0 spiro atoms. The third kappa shape index (κ3) is 3.39. The molecule has 106 valence electrons. The molecule has 2 unspecified atom stereocenters. The molecule has 1 aliphatic rings. The molecule has 1 N–H and O–H groups in total. The minimum absolute atomic E-state index is 0.0881. The molecule has 19 heavy (non-hydrogen) atoms. The van der Waals surface area contributed by atoms with E-state index in [1.54, 1.807) is 14.2 Å². The van der Waals surface area contributed by atoms with Gasteiger partial charge in [0.1, 0.15) is 0 Å². The molecule has 1 aromatic rings. The Balaban J connectivity index is 2.12. The third-order valence-electron chi connectivity index (χ3n) is 3.45. The first-order valence-corrected chi connectivity index (χ1v) is 6.86. The summed E-state index contributed by atoms with van der Waals surface area (Å²) in [5.41, 5.74) is 1.13. The summed E-state index contributed by atoms with van der Waals surface area (Å²) in [5, 5.41) is 3.44. The molecular formula is C15H23NO3. The van der Waals surface area contributed by atoms with Crippen molar-refractivity contribution in [2.75, 3.05) is 27.3 Å². The number of benzene rings is 1. The van der Waals surface area contributed by atoms with E-state index in [0.717, 1.165) is 43.0 Å². The predicted octanol–water partition coefficient (Wildman–Crippen LogP) is 2.53. The Morgan fingerprint density at radius 3 is 2.68 bits per heavy atom. The van der Waals surface area contributed by atoms with E-state index in [-0.39, 0.29) is 6.10 Å². The third-order valence-corrected chi connectivity index (χ3v) is 3.45. The molecule has 0 radical (unpaired) electrons. The molecule has 4 nitrogen and oxygen atoms in total. The van der Waals surface area contributed by atoms with Gasteiger partial charge in [0.15, 0.2) is 11.5 Å². The van der Waals surface area contributed by atoms with Crippen LogP contribution in [-0.4, -0.2) is 33.4 Å². The van der Waals surface area contributed by atoms with Crippen LogP contribution in [0.1, 0.15) is 31.4 Å². The summed E-state index contributed by atoms with van der Waals surface area (Å²) in [4.78, 5) is 0. The van der Waals surface area contributed by atoms with Crippen LogP contribution in [0, 0.1) is 0 Å². The SMILES string of the molecule is CCCC1CNCC(c2ccc(OC)c(OC)c2)O1. The topological polar surface area (TPSA) is 39.7 Å². The number of ether oxygens (including phenoxy) is 3. The van der Waals surface area contributed by atoms with Gasteiger partial charge in [0.2, 0.25) is 0 Å². The van der Waals surface area contributed by atoms with Gasteiger partial charge in [-0.3, -0.25) is 0 Å². The fraction of sp³-hybridized carbons (Fsp3) is 0.600. The van der Waals surface area contributed by atoms with Crippen molar-refractivity contribution in [1.29, 1.82) is 0 Å². The van der Waals surface area contributed by atoms with Crippen molar-refractivity contribution in [1.82, 2.24) is 5.32 Å². The predicted molar refractivity (Wildman–Crippen MR) is 74.9 cm³/mol. The molecular weight excluding hydrogens is 242 g/mol. The number of nitrogens with one attached hydrogen (secondary N) is 1. The Labute approximate surface area is 115 Å². The van der Waals surface area contributed by atoms with Crippen LogP contribution < -0.4 is 14.8 Å². The molecule has 1 saturated heterocycles. The van der Waals surface area contributed by atoms with Gasteiger partial charge in [-0.1, -0.05) is 19.4 Å². The van der Waals surface area contributed by atoms with Gasteiger partial charge in [0.05, 0.1) is 26.4 Å². The lowest BCUT2D eigenvalue weighted by molar-refractivity contribution is -0.0425. The summed E-state index contributed by atoms with van der Waals surface area (Å²) >= 11 is 0. The molecule has 0 aliphatic carbocycles. The number of hydrogen-bond donors (Lipinski definition) is 1. The molecule has 0 amide bonds. The summed E-state index contributed by atoms with van der Waals surface area (Å²) in [6.45, 7) is 3.97. The van der Waals surface area contributed by atoms with Crippen LogP contribution in [0.3, 0.4) is 0 Å². The Bertz CT molecular complexity index is 406. The maximum atomic E-state index is 6.13. The zero-order valence-electron chi connectivity index (χ0n) is 11.9. The average Bonchev–Trinajstić information content (AvgIpc) is 2.47.